The molecule has 0 bridgehead atoms. The molecule has 1 aromatic rings. The molecule has 0 amide bonds. The Morgan fingerprint density at radius 1 is 1.27 bits per heavy atom. The third-order valence-corrected chi connectivity index (χ3v) is 4.13. The number of aliphatic imine (C=N–C) groups is 1. The SMILES string of the molecule is CN=C(NCc1cccc(COC)c1)N1CC(C)CC(C)C1. The van der Waals surface area contributed by atoms with Crippen LogP contribution in [0.2, 0.25) is 0 Å². The highest BCUT2D eigenvalue weighted by molar-refractivity contribution is 5.80. The molecule has 2 rings (SSSR count). The highest BCUT2D eigenvalue weighted by atomic mass is 16.5. The highest BCUT2D eigenvalue weighted by Crippen LogP contribution is 2.20. The molecule has 0 aromatic heterocycles. The van der Waals surface area contributed by atoms with E-state index in [2.05, 4.69) is 53.3 Å². The normalized spacial score (nSPS) is 22.7. The standard InChI is InChI=1S/C18H29N3O/c1-14-8-15(2)12-21(11-14)18(19-3)20-10-16-6-5-7-17(9-16)13-22-4/h5-7,9,14-15H,8,10-13H2,1-4H3,(H,19,20). The number of hydrogen-bond acceptors (Lipinski definition) is 2. The summed E-state index contributed by atoms with van der Waals surface area (Å²) >= 11 is 0. The molecule has 1 fully saturated rings. The third kappa shape index (κ3) is 4.73. The molecule has 2 atom stereocenters. The number of hydrogen-bond donors (Lipinski definition) is 1. The van der Waals surface area contributed by atoms with Crippen LogP contribution in [-0.4, -0.2) is 38.1 Å². The van der Waals surface area contributed by atoms with E-state index in [1.807, 2.05) is 7.05 Å². The summed E-state index contributed by atoms with van der Waals surface area (Å²) in [6.45, 7) is 8.28. The Bertz CT molecular complexity index is 491. The molecule has 1 heterocycles. The summed E-state index contributed by atoms with van der Waals surface area (Å²) in [5.74, 6) is 2.47. The van der Waals surface area contributed by atoms with Crippen molar-refractivity contribution in [2.45, 2.75) is 33.4 Å². The van der Waals surface area contributed by atoms with Gasteiger partial charge in [-0.25, -0.2) is 0 Å². The number of ether oxygens (including phenoxy) is 1. The zero-order valence-corrected chi connectivity index (χ0v) is 14.3. The molecule has 0 aliphatic carbocycles. The largest absolute Gasteiger partial charge is 0.380 e. The first-order valence-corrected chi connectivity index (χ1v) is 8.14. The fourth-order valence-electron chi connectivity index (χ4n) is 3.35. The van der Waals surface area contributed by atoms with Crippen molar-refractivity contribution in [3.63, 3.8) is 0 Å². The number of likely N-dealkylation sites (tertiary alicyclic amines) is 1. The van der Waals surface area contributed by atoms with Crippen molar-refractivity contribution < 1.29 is 4.74 Å². The van der Waals surface area contributed by atoms with Crippen LogP contribution in [0.15, 0.2) is 29.3 Å². The lowest BCUT2D eigenvalue weighted by atomic mass is 9.92. The van der Waals surface area contributed by atoms with Crippen LogP contribution < -0.4 is 5.32 Å². The van der Waals surface area contributed by atoms with E-state index in [1.54, 1.807) is 7.11 Å². The van der Waals surface area contributed by atoms with E-state index in [0.29, 0.717) is 6.61 Å². The minimum atomic E-state index is 0.656. The van der Waals surface area contributed by atoms with Gasteiger partial charge < -0.3 is 15.0 Å². The number of methoxy groups -OCH3 is 1. The van der Waals surface area contributed by atoms with Crippen molar-refractivity contribution in [1.29, 1.82) is 0 Å². The average Bonchev–Trinajstić information content (AvgIpc) is 2.48. The van der Waals surface area contributed by atoms with Crippen molar-refractivity contribution in [2.75, 3.05) is 27.2 Å². The number of benzene rings is 1. The molecule has 1 aliphatic heterocycles. The Morgan fingerprint density at radius 2 is 1.95 bits per heavy atom. The molecule has 4 nitrogen and oxygen atoms in total. The van der Waals surface area contributed by atoms with Crippen molar-refractivity contribution >= 4 is 5.96 Å². The van der Waals surface area contributed by atoms with E-state index in [1.165, 1.54) is 17.5 Å². The van der Waals surface area contributed by atoms with E-state index in [-0.39, 0.29) is 0 Å². The van der Waals surface area contributed by atoms with Gasteiger partial charge in [-0.1, -0.05) is 38.1 Å². The van der Waals surface area contributed by atoms with E-state index in [4.69, 9.17) is 4.74 Å². The van der Waals surface area contributed by atoms with Gasteiger partial charge in [0.2, 0.25) is 0 Å². The molecule has 1 aromatic carbocycles. The summed E-state index contributed by atoms with van der Waals surface area (Å²) < 4.78 is 5.20. The molecular weight excluding hydrogens is 274 g/mol. The van der Waals surface area contributed by atoms with Crippen LogP contribution in [0.25, 0.3) is 0 Å². The minimum Gasteiger partial charge on any atom is -0.380 e. The second kappa shape index (κ2) is 8.18. The van der Waals surface area contributed by atoms with Gasteiger partial charge in [0, 0.05) is 33.8 Å². The van der Waals surface area contributed by atoms with Gasteiger partial charge in [0.25, 0.3) is 0 Å². The van der Waals surface area contributed by atoms with E-state index >= 15 is 0 Å². The number of rotatable bonds is 4. The van der Waals surface area contributed by atoms with Gasteiger partial charge in [-0.3, -0.25) is 4.99 Å². The molecule has 122 valence electrons. The van der Waals surface area contributed by atoms with E-state index in [9.17, 15) is 0 Å². The maximum atomic E-state index is 5.20. The van der Waals surface area contributed by atoms with Crippen molar-refractivity contribution in [3.8, 4) is 0 Å². The lowest BCUT2D eigenvalue weighted by Gasteiger charge is -2.37. The molecule has 1 N–H and O–H groups in total. The first kappa shape index (κ1) is 16.8. The number of guanidine groups is 1. The zero-order chi connectivity index (χ0) is 15.9. The van der Waals surface area contributed by atoms with Gasteiger partial charge in [0.1, 0.15) is 0 Å². The predicted octanol–water partition coefficient (Wildman–Crippen LogP) is 2.89. The molecule has 1 aliphatic rings. The van der Waals surface area contributed by atoms with Crippen LogP contribution in [0.5, 0.6) is 0 Å². The fraction of sp³-hybridized carbons (Fsp3) is 0.611. The van der Waals surface area contributed by atoms with Gasteiger partial charge in [0.15, 0.2) is 5.96 Å². The smallest absolute Gasteiger partial charge is 0.193 e. The predicted molar refractivity (Wildman–Crippen MR) is 91.9 cm³/mol. The quantitative estimate of drug-likeness (QED) is 0.686. The number of nitrogens with one attached hydrogen (secondary N) is 1. The van der Waals surface area contributed by atoms with Crippen molar-refractivity contribution in [3.05, 3.63) is 35.4 Å². The van der Waals surface area contributed by atoms with Gasteiger partial charge in [0.05, 0.1) is 6.61 Å². The molecule has 22 heavy (non-hydrogen) atoms. The van der Waals surface area contributed by atoms with Crippen LogP contribution in [0.3, 0.4) is 0 Å². The Hall–Kier alpha value is -1.55. The van der Waals surface area contributed by atoms with Gasteiger partial charge in [-0.2, -0.15) is 0 Å². The van der Waals surface area contributed by atoms with E-state index < -0.39 is 0 Å². The molecule has 2 unspecified atom stereocenters. The Kier molecular flexibility index (Phi) is 6.25. The summed E-state index contributed by atoms with van der Waals surface area (Å²) in [6.07, 6.45) is 1.31. The number of piperidine rings is 1. The lowest BCUT2D eigenvalue weighted by Crippen LogP contribution is -2.48. The maximum absolute atomic E-state index is 5.20. The third-order valence-electron chi connectivity index (χ3n) is 4.13. The van der Waals surface area contributed by atoms with Crippen LogP contribution in [0.4, 0.5) is 0 Å². The summed E-state index contributed by atoms with van der Waals surface area (Å²) in [7, 11) is 3.60. The van der Waals surface area contributed by atoms with Crippen LogP contribution in [-0.2, 0) is 17.9 Å². The topological polar surface area (TPSA) is 36.9 Å². The summed E-state index contributed by atoms with van der Waals surface area (Å²) in [6, 6.07) is 8.50. The summed E-state index contributed by atoms with van der Waals surface area (Å²) in [4.78, 5) is 6.85. The van der Waals surface area contributed by atoms with Crippen LogP contribution >= 0.6 is 0 Å². The summed E-state index contributed by atoms with van der Waals surface area (Å²) in [5, 5.41) is 3.50. The van der Waals surface area contributed by atoms with Crippen molar-refractivity contribution in [2.24, 2.45) is 16.8 Å². The zero-order valence-electron chi connectivity index (χ0n) is 14.3. The molecule has 0 radical (unpaired) electrons. The monoisotopic (exact) mass is 303 g/mol. The van der Waals surface area contributed by atoms with Gasteiger partial charge >= 0.3 is 0 Å². The highest BCUT2D eigenvalue weighted by Gasteiger charge is 2.23. The lowest BCUT2D eigenvalue weighted by molar-refractivity contribution is 0.185. The second-order valence-electron chi connectivity index (χ2n) is 6.50. The van der Waals surface area contributed by atoms with Crippen LogP contribution in [0, 0.1) is 11.8 Å². The van der Waals surface area contributed by atoms with E-state index in [0.717, 1.165) is 37.4 Å². The molecular formula is C18H29N3O. The van der Waals surface area contributed by atoms with Gasteiger partial charge in [-0.05, 0) is 29.4 Å². The Balaban J connectivity index is 1.95. The first-order chi connectivity index (χ1) is 10.6. The van der Waals surface area contributed by atoms with Crippen molar-refractivity contribution in [1.82, 2.24) is 10.2 Å². The summed E-state index contributed by atoms with van der Waals surface area (Å²) in [5.41, 5.74) is 2.46. The Labute approximate surface area is 134 Å². The minimum absolute atomic E-state index is 0.656. The Morgan fingerprint density at radius 3 is 2.59 bits per heavy atom. The molecule has 0 saturated carbocycles. The second-order valence-corrected chi connectivity index (χ2v) is 6.50. The first-order valence-electron chi connectivity index (χ1n) is 8.14. The molecule has 1 saturated heterocycles. The fourth-order valence-corrected chi connectivity index (χ4v) is 3.35. The van der Waals surface area contributed by atoms with Crippen LogP contribution in [0.1, 0.15) is 31.4 Å². The molecule has 0 spiro atoms. The average molecular weight is 303 g/mol. The number of nitrogens with zero attached hydrogens (tertiary/aromatic N) is 2. The molecule has 4 heteroatoms. The maximum Gasteiger partial charge on any atom is 0.193 e. The van der Waals surface area contributed by atoms with Gasteiger partial charge in [-0.15, -0.1) is 0 Å².